The summed E-state index contributed by atoms with van der Waals surface area (Å²) < 4.78 is 11.3. The van der Waals surface area contributed by atoms with Crippen molar-refractivity contribution in [1.82, 2.24) is 15.2 Å². The quantitative estimate of drug-likeness (QED) is 0.876. The lowest BCUT2D eigenvalue weighted by atomic mass is 10.1. The number of piperidine rings is 1. The molecule has 1 unspecified atom stereocenters. The third kappa shape index (κ3) is 4.99. The number of rotatable bonds is 5. The van der Waals surface area contributed by atoms with E-state index in [0.29, 0.717) is 19.6 Å². The van der Waals surface area contributed by atoms with E-state index in [0.717, 1.165) is 44.6 Å². The minimum Gasteiger partial charge on any atom is -0.378 e. The average molecular weight is 319 g/mol. The SMILES string of the molecule is O=C(CC1COCCN1)N1CCC(OCc2cccnc2)CC1. The average Bonchev–Trinajstić information content (AvgIpc) is 2.62. The molecule has 3 rings (SSSR count). The van der Waals surface area contributed by atoms with Gasteiger partial charge >= 0.3 is 0 Å². The molecule has 0 spiro atoms. The van der Waals surface area contributed by atoms with Gasteiger partial charge in [0.25, 0.3) is 0 Å². The van der Waals surface area contributed by atoms with Gasteiger partial charge in [-0.2, -0.15) is 0 Å². The summed E-state index contributed by atoms with van der Waals surface area (Å²) >= 11 is 0. The molecule has 23 heavy (non-hydrogen) atoms. The molecule has 1 aromatic rings. The van der Waals surface area contributed by atoms with Gasteiger partial charge in [0.05, 0.1) is 25.9 Å². The predicted octanol–water partition coefficient (Wildman–Crippen LogP) is 0.968. The highest BCUT2D eigenvalue weighted by Crippen LogP contribution is 2.17. The maximum atomic E-state index is 12.3. The highest BCUT2D eigenvalue weighted by molar-refractivity contribution is 5.77. The third-order valence-corrected chi connectivity index (χ3v) is 4.42. The van der Waals surface area contributed by atoms with E-state index in [1.54, 1.807) is 6.20 Å². The highest BCUT2D eigenvalue weighted by Gasteiger charge is 2.25. The first-order valence-corrected chi connectivity index (χ1v) is 8.40. The van der Waals surface area contributed by atoms with Gasteiger partial charge in [-0.1, -0.05) is 6.07 Å². The molecule has 6 nitrogen and oxygen atoms in total. The summed E-state index contributed by atoms with van der Waals surface area (Å²) in [7, 11) is 0. The van der Waals surface area contributed by atoms with Gasteiger partial charge in [0.1, 0.15) is 0 Å². The van der Waals surface area contributed by atoms with E-state index in [4.69, 9.17) is 9.47 Å². The van der Waals surface area contributed by atoms with Crippen LogP contribution in [0.15, 0.2) is 24.5 Å². The molecule has 126 valence electrons. The molecule has 6 heteroatoms. The maximum absolute atomic E-state index is 12.3. The summed E-state index contributed by atoms with van der Waals surface area (Å²) in [6.07, 6.45) is 6.16. The van der Waals surface area contributed by atoms with E-state index in [-0.39, 0.29) is 18.1 Å². The van der Waals surface area contributed by atoms with Crippen molar-refractivity contribution in [3.8, 4) is 0 Å². The Balaban J connectivity index is 1.37. The number of aromatic nitrogens is 1. The summed E-state index contributed by atoms with van der Waals surface area (Å²) in [4.78, 5) is 18.4. The first-order chi connectivity index (χ1) is 11.3. The zero-order valence-electron chi connectivity index (χ0n) is 13.4. The number of likely N-dealkylation sites (tertiary alicyclic amines) is 1. The van der Waals surface area contributed by atoms with Crippen LogP contribution in [0, 0.1) is 0 Å². The standard InChI is InChI=1S/C17H25N3O3/c21-17(10-15-13-22-9-6-19-15)20-7-3-16(4-8-20)23-12-14-2-1-5-18-11-14/h1-2,5,11,15-16,19H,3-4,6-10,12-13H2. The fourth-order valence-corrected chi connectivity index (χ4v) is 3.06. The van der Waals surface area contributed by atoms with E-state index in [1.165, 1.54) is 0 Å². The topological polar surface area (TPSA) is 63.7 Å². The van der Waals surface area contributed by atoms with E-state index in [1.807, 2.05) is 23.2 Å². The van der Waals surface area contributed by atoms with Crippen LogP contribution in [-0.4, -0.2) is 60.8 Å². The van der Waals surface area contributed by atoms with Gasteiger partial charge in [0, 0.05) is 44.5 Å². The molecule has 3 heterocycles. The van der Waals surface area contributed by atoms with Crippen molar-refractivity contribution in [3.63, 3.8) is 0 Å². The number of amides is 1. The molecule has 0 aromatic carbocycles. The summed E-state index contributed by atoms with van der Waals surface area (Å²) in [6.45, 7) is 4.37. The van der Waals surface area contributed by atoms with Gasteiger partial charge in [-0.3, -0.25) is 9.78 Å². The lowest BCUT2D eigenvalue weighted by molar-refractivity contribution is -0.135. The molecule has 1 atom stereocenters. The van der Waals surface area contributed by atoms with Gasteiger partial charge in [0.2, 0.25) is 5.91 Å². The fraction of sp³-hybridized carbons (Fsp3) is 0.647. The molecule has 2 aliphatic rings. The zero-order valence-corrected chi connectivity index (χ0v) is 13.4. The Bertz CT molecular complexity index is 483. The lowest BCUT2D eigenvalue weighted by Crippen LogP contribution is -2.47. The summed E-state index contributed by atoms with van der Waals surface area (Å²) in [5.41, 5.74) is 1.09. The van der Waals surface area contributed by atoms with Gasteiger partial charge in [-0.25, -0.2) is 0 Å². The van der Waals surface area contributed by atoms with Crippen molar-refractivity contribution in [1.29, 1.82) is 0 Å². The van der Waals surface area contributed by atoms with E-state index in [9.17, 15) is 4.79 Å². The number of hydrogen-bond donors (Lipinski definition) is 1. The van der Waals surface area contributed by atoms with Gasteiger partial charge in [0.15, 0.2) is 0 Å². The molecular formula is C17H25N3O3. The van der Waals surface area contributed by atoms with E-state index >= 15 is 0 Å². The van der Waals surface area contributed by atoms with Gasteiger partial charge in [-0.15, -0.1) is 0 Å². The smallest absolute Gasteiger partial charge is 0.224 e. The second-order valence-corrected chi connectivity index (χ2v) is 6.18. The van der Waals surface area contributed by atoms with Crippen LogP contribution in [0.25, 0.3) is 0 Å². The van der Waals surface area contributed by atoms with Crippen molar-refractivity contribution in [2.45, 2.75) is 38.0 Å². The summed E-state index contributed by atoms with van der Waals surface area (Å²) in [6, 6.07) is 4.10. The Morgan fingerprint density at radius 3 is 3.00 bits per heavy atom. The van der Waals surface area contributed by atoms with Crippen molar-refractivity contribution in [3.05, 3.63) is 30.1 Å². The van der Waals surface area contributed by atoms with E-state index < -0.39 is 0 Å². The number of nitrogens with one attached hydrogen (secondary N) is 1. The largest absolute Gasteiger partial charge is 0.378 e. The van der Waals surface area contributed by atoms with E-state index in [2.05, 4.69) is 10.3 Å². The number of morpholine rings is 1. The Morgan fingerprint density at radius 2 is 2.30 bits per heavy atom. The molecular weight excluding hydrogens is 294 g/mol. The number of nitrogens with zero attached hydrogens (tertiary/aromatic N) is 2. The monoisotopic (exact) mass is 319 g/mol. The van der Waals surface area contributed by atoms with Crippen LogP contribution in [0.3, 0.4) is 0 Å². The number of pyridine rings is 1. The Hall–Kier alpha value is -1.50. The van der Waals surface area contributed by atoms with Crippen molar-refractivity contribution >= 4 is 5.91 Å². The molecule has 1 amide bonds. The molecule has 1 N–H and O–H groups in total. The van der Waals surface area contributed by atoms with Crippen LogP contribution in [0.2, 0.25) is 0 Å². The van der Waals surface area contributed by atoms with Crippen molar-refractivity contribution < 1.29 is 14.3 Å². The zero-order chi connectivity index (χ0) is 15.9. The van der Waals surface area contributed by atoms with Crippen LogP contribution in [-0.2, 0) is 20.9 Å². The van der Waals surface area contributed by atoms with Crippen molar-refractivity contribution in [2.75, 3.05) is 32.8 Å². The number of carbonyl (C=O) groups excluding carboxylic acids is 1. The second-order valence-electron chi connectivity index (χ2n) is 6.18. The van der Waals surface area contributed by atoms with Crippen LogP contribution >= 0.6 is 0 Å². The Kier molecular flexibility index (Phi) is 5.96. The molecule has 1 aromatic heterocycles. The van der Waals surface area contributed by atoms with Crippen LogP contribution in [0.1, 0.15) is 24.8 Å². The molecule has 0 radical (unpaired) electrons. The normalized spacial score (nSPS) is 23.0. The number of ether oxygens (including phenoxy) is 2. The predicted molar refractivity (Wildman–Crippen MR) is 85.9 cm³/mol. The van der Waals surface area contributed by atoms with Crippen LogP contribution in [0.5, 0.6) is 0 Å². The lowest BCUT2D eigenvalue weighted by Gasteiger charge is -2.33. The third-order valence-electron chi connectivity index (χ3n) is 4.42. The second kappa shape index (κ2) is 8.38. The van der Waals surface area contributed by atoms with Crippen LogP contribution in [0.4, 0.5) is 0 Å². The summed E-state index contributed by atoms with van der Waals surface area (Å²) in [5.74, 6) is 0.221. The highest BCUT2D eigenvalue weighted by atomic mass is 16.5. The molecule has 0 bridgehead atoms. The first kappa shape index (κ1) is 16.4. The fourth-order valence-electron chi connectivity index (χ4n) is 3.06. The number of hydrogen-bond acceptors (Lipinski definition) is 5. The first-order valence-electron chi connectivity index (χ1n) is 8.40. The van der Waals surface area contributed by atoms with Crippen LogP contribution < -0.4 is 5.32 Å². The molecule has 0 aliphatic carbocycles. The molecule has 0 saturated carbocycles. The minimum absolute atomic E-state index is 0.163. The molecule has 2 fully saturated rings. The van der Waals surface area contributed by atoms with Crippen molar-refractivity contribution in [2.24, 2.45) is 0 Å². The van der Waals surface area contributed by atoms with Gasteiger partial charge < -0.3 is 19.7 Å². The minimum atomic E-state index is 0.163. The maximum Gasteiger partial charge on any atom is 0.224 e. The summed E-state index contributed by atoms with van der Waals surface area (Å²) in [5, 5.41) is 3.33. The Morgan fingerprint density at radius 1 is 1.43 bits per heavy atom. The Labute approximate surface area is 137 Å². The number of carbonyl (C=O) groups is 1. The molecule has 2 aliphatic heterocycles. The van der Waals surface area contributed by atoms with Gasteiger partial charge in [-0.05, 0) is 24.5 Å². The molecule has 2 saturated heterocycles.